The van der Waals surface area contributed by atoms with Crippen LogP contribution in [0.5, 0.6) is 5.75 Å². The molecule has 0 saturated carbocycles. The Morgan fingerprint density at radius 1 is 1.33 bits per heavy atom. The van der Waals surface area contributed by atoms with Crippen LogP contribution in [0.15, 0.2) is 35.8 Å². The zero-order chi connectivity index (χ0) is 12.8. The van der Waals surface area contributed by atoms with Crippen LogP contribution >= 0.6 is 11.3 Å². The third-order valence-electron chi connectivity index (χ3n) is 2.08. The van der Waals surface area contributed by atoms with Crippen molar-refractivity contribution in [2.75, 3.05) is 12.3 Å². The number of aromatic nitrogens is 1. The summed E-state index contributed by atoms with van der Waals surface area (Å²) in [5, 5.41) is 2.59. The predicted octanol–water partition coefficient (Wildman–Crippen LogP) is 1.85. The van der Waals surface area contributed by atoms with Crippen LogP contribution in [0.25, 0.3) is 0 Å². The van der Waals surface area contributed by atoms with E-state index in [2.05, 4.69) is 4.98 Å². The summed E-state index contributed by atoms with van der Waals surface area (Å²) >= 11 is 1.44. The minimum absolute atomic E-state index is 0.130. The van der Waals surface area contributed by atoms with Gasteiger partial charge in [0.25, 0.3) is 0 Å². The SMILES string of the molecule is Nc1ccc(OCC(=O)OCc2nccs2)cc1. The lowest BCUT2D eigenvalue weighted by molar-refractivity contribution is -0.147. The second kappa shape index (κ2) is 6.02. The molecule has 0 unspecified atom stereocenters. The molecular weight excluding hydrogens is 252 g/mol. The minimum atomic E-state index is -0.429. The lowest BCUT2D eigenvalue weighted by atomic mass is 10.3. The summed E-state index contributed by atoms with van der Waals surface area (Å²) in [5.41, 5.74) is 6.18. The first-order valence-electron chi connectivity index (χ1n) is 5.26. The highest BCUT2D eigenvalue weighted by atomic mass is 32.1. The monoisotopic (exact) mass is 264 g/mol. The molecule has 0 atom stereocenters. The van der Waals surface area contributed by atoms with Crippen LogP contribution in [0.3, 0.4) is 0 Å². The molecule has 5 nitrogen and oxygen atoms in total. The molecule has 0 amide bonds. The number of hydrogen-bond acceptors (Lipinski definition) is 6. The van der Waals surface area contributed by atoms with E-state index in [1.165, 1.54) is 11.3 Å². The summed E-state index contributed by atoms with van der Waals surface area (Å²) in [5.74, 6) is 0.150. The average molecular weight is 264 g/mol. The maximum absolute atomic E-state index is 11.4. The number of nitrogens with two attached hydrogens (primary N) is 1. The molecule has 1 aromatic heterocycles. The van der Waals surface area contributed by atoms with E-state index in [1.807, 2.05) is 5.38 Å². The second-order valence-electron chi connectivity index (χ2n) is 3.44. The molecule has 6 heteroatoms. The van der Waals surface area contributed by atoms with Crippen molar-refractivity contribution in [3.63, 3.8) is 0 Å². The van der Waals surface area contributed by atoms with Gasteiger partial charge in [0, 0.05) is 17.3 Å². The number of carbonyl (C=O) groups is 1. The van der Waals surface area contributed by atoms with E-state index in [0.717, 1.165) is 5.01 Å². The van der Waals surface area contributed by atoms with E-state index in [9.17, 15) is 4.79 Å². The highest BCUT2D eigenvalue weighted by molar-refractivity contribution is 7.09. The van der Waals surface area contributed by atoms with Gasteiger partial charge in [-0.05, 0) is 24.3 Å². The smallest absolute Gasteiger partial charge is 0.344 e. The number of carbonyl (C=O) groups excluding carboxylic acids is 1. The Morgan fingerprint density at radius 3 is 2.78 bits per heavy atom. The van der Waals surface area contributed by atoms with E-state index < -0.39 is 5.97 Å². The van der Waals surface area contributed by atoms with E-state index >= 15 is 0 Å². The van der Waals surface area contributed by atoms with Crippen molar-refractivity contribution >= 4 is 23.0 Å². The number of thiazole rings is 1. The maximum Gasteiger partial charge on any atom is 0.344 e. The van der Waals surface area contributed by atoms with Gasteiger partial charge in [-0.3, -0.25) is 0 Å². The fraction of sp³-hybridized carbons (Fsp3) is 0.167. The Kier molecular flexibility index (Phi) is 4.14. The molecule has 1 aromatic carbocycles. The Bertz CT molecular complexity index is 497. The fourth-order valence-electron chi connectivity index (χ4n) is 1.21. The number of benzene rings is 1. The quantitative estimate of drug-likeness (QED) is 0.659. The van der Waals surface area contributed by atoms with Crippen molar-refractivity contribution in [1.82, 2.24) is 4.98 Å². The maximum atomic E-state index is 11.4. The topological polar surface area (TPSA) is 74.4 Å². The van der Waals surface area contributed by atoms with Gasteiger partial charge >= 0.3 is 5.97 Å². The number of esters is 1. The van der Waals surface area contributed by atoms with Crippen LogP contribution in [0.1, 0.15) is 5.01 Å². The van der Waals surface area contributed by atoms with Crippen molar-refractivity contribution in [1.29, 1.82) is 0 Å². The van der Waals surface area contributed by atoms with E-state index in [0.29, 0.717) is 11.4 Å². The highest BCUT2D eigenvalue weighted by Gasteiger charge is 2.05. The van der Waals surface area contributed by atoms with Crippen LogP contribution < -0.4 is 10.5 Å². The summed E-state index contributed by atoms with van der Waals surface area (Å²) in [4.78, 5) is 15.4. The number of nitrogens with zero attached hydrogens (tertiary/aromatic N) is 1. The van der Waals surface area contributed by atoms with Gasteiger partial charge < -0.3 is 15.2 Å². The summed E-state index contributed by atoms with van der Waals surface area (Å²) in [6.45, 7) is 0.0525. The van der Waals surface area contributed by atoms with Gasteiger partial charge in [-0.1, -0.05) is 0 Å². The van der Waals surface area contributed by atoms with Gasteiger partial charge in [0.1, 0.15) is 17.4 Å². The lowest BCUT2D eigenvalue weighted by Crippen LogP contribution is -2.14. The molecule has 2 rings (SSSR count). The van der Waals surface area contributed by atoms with Gasteiger partial charge in [0.15, 0.2) is 6.61 Å². The van der Waals surface area contributed by atoms with Gasteiger partial charge in [-0.15, -0.1) is 11.3 Å². The Labute approximate surface area is 108 Å². The first-order chi connectivity index (χ1) is 8.74. The zero-order valence-corrected chi connectivity index (χ0v) is 10.4. The van der Waals surface area contributed by atoms with E-state index in [-0.39, 0.29) is 13.2 Å². The second-order valence-corrected chi connectivity index (χ2v) is 4.42. The van der Waals surface area contributed by atoms with Crippen LogP contribution in [-0.4, -0.2) is 17.6 Å². The number of anilines is 1. The molecule has 18 heavy (non-hydrogen) atoms. The van der Waals surface area contributed by atoms with Crippen LogP contribution in [0.2, 0.25) is 0 Å². The average Bonchev–Trinajstić information content (AvgIpc) is 2.89. The number of hydrogen-bond donors (Lipinski definition) is 1. The van der Waals surface area contributed by atoms with Crippen LogP contribution in [0, 0.1) is 0 Å². The molecule has 2 aromatic rings. The fourth-order valence-corrected chi connectivity index (χ4v) is 1.74. The third-order valence-corrected chi connectivity index (χ3v) is 2.83. The Morgan fingerprint density at radius 2 is 2.11 bits per heavy atom. The van der Waals surface area contributed by atoms with Crippen molar-refractivity contribution in [3.8, 4) is 5.75 Å². The first-order valence-corrected chi connectivity index (χ1v) is 6.14. The number of rotatable bonds is 5. The van der Waals surface area contributed by atoms with Gasteiger partial charge in [0.05, 0.1) is 0 Å². The van der Waals surface area contributed by atoms with Gasteiger partial charge in [-0.25, -0.2) is 9.78 Å². The molecule has 0 aliphatic carbocycles. The summed E-state index contributed by atoms with van der Waals surface area (Å²) in [7, 11) is 0. The molecule has 0 aliphatic rings. The van der Waals surface area contributed by atoms with Gasteiger partial charge in [-0.2, -0.15) is 0 Å². The van der Waals surface area contributed by atoms with Crippen LogP contribution in [0.4, 0.5) is 5.69 Å². The van der Waals surface area contributed by atoms with Crippen molar-refractivity contribution in [2.24, 2.45) is 0 Å². The summed E-state index contributed by atoms with van der Waals surface area (Å²) in [6, 6.07) is 6.80. The van der Waals surface area contributed by atoms with Gasteiger partial charge in [0.2, 0.25) is 0 Å². The standard InChI is InChI=1S/C12H12N2O3S/c13-9-1-3-10(4-2-9)16-8-12(15)17-7-11-14-5-6-18-11/h1-6H,7-8,13H2. The molecule has 0 spiro atoms. The lowest BCUT2D eigenvalue weighted by Gasteiger charge is -2.06. The van der Waals surface area contributed by atoms with Crippen molar-refractivity contribution in [3.05, 3.63) is 40.8 Å². The van der Waals surface area contributed by atoms with Crippen molar-refractivity contribution < 1.29 is 14.3 Å². The summed E-state index contributed by atoms with van der Waals surface area (Å²) < 4.78 is 10.2. The van der Waals surface area contributed by atoms with E-state index in [4.69, 9.17) is 15.2 Å². The molecule has 94 valence electrons. The molecule has 0 aliphatic heterocycles. The van der Waals surface area contributed by atoms with E-state index in [1.54, 1.807) is 30.5 Å². The molecule has 0 saturated heterocycles. The number of nitrogen functional groups attached to an aromatic ring is 1. The third kappa shape index (κ3) is 3.74. The number of ether oxygens (including phenoxy) is 2. The zero-order valence-electron chi connectivity index (χ0n) is 9.54. The summed E-state index contributed by atoms with van der Waals surface area (Å²) in [6.07, 6.45) is 1.67. The molecular formula is C12H12N2O3S. The minimum Gasteiger partial charge on any atom is -0.482 e. The molecule has 0 fully saturated rings. The normalized spacial score (nSPS) is 10.0. The predicted molar refractivity (Wildman–Crippen MR) is 68.3 cm³/mol. The molecule has 0 radical (unpaired) electrons. The van der Waals surface area contributed by atoms with Crippen molar-refractivity contribution in [2.45, 2.75) is 6.61 Å². The van der Waals surface area contributed by atoms with Crippen LogP contribution in [-0.2, 0) is 16.1 Å². The Balaban J connectivity index is 1.73. The Hall–Kier alpha value is -2.08. The molecule has 1 heterocycles. The largest absolute Gasteiger partial charge is 0.482 e. The molecule has 0 bridgehead atoms. The highest BCUT2D eigenvalue weighted by Crippen LogP contribution is 2.13. The first kappa shape index (κ1) is 12.4. The molecule has 2 N–H and O–H groups in total.